The molecule has 0 bridgehead atoms. The Bertz CT molecular complexity index is 1140. The molecule has 0 saturated carbocycles. The zero-order valence-electron chi connectivity index (χ0n) is 19.7. The fourth-order valence-electron chi connectivity index (χ4n) is 4.51. The molecule has 0 atom stereocenters. The molecule has 2 fully saturated rings. The minimum Gasteiger partial charge on any atom is -0.454 e. The third-order valence-corrected chi connectivity index (χ3v) is 7.01. The summed E-state index contributed by atoms with van der Waals surface area (Å²) in [6, 6.07) is 6.23. The third kappa shape index (κ3) is 6.12. The summed E-state index contributed by atoms with van der Waals surface area (Å²) >= 11 is 1.93. The Morgan fingerprint density at radius 3 is 2.53 bits per heavy atom. The van der Waals surface area contributed by atoms with Gasteiger partial charge in [-0.25, -0.2) is 13.2 Å². The first-order chi connectivity index (χ1) is 17.2. The summed E-state index contributed by atoms with van der Waals surface area (Å²) in [4.78, 5) is 26.4. The van der Waals surface area contributed by atoms with Gasteiger partial charge in [-0.1, -0.05) is 0 Å². The van der Waals surface area contributed by atoms with Crippen molar-refractivity contribution in [3.63, 3.8) is 0 Å². The second-order valence-corrected chi connectivity index (χ2v) is 10.4. The molecule has 2 N–H and O–H groups in total. The van der Waals surface area contributed by atoms with Crippen molar-refractivity contribution in [3.05, 3.63) is 56.9 Å². The van der Waals surface area contributed by atoms with Gasteiger partial charge in [0, 0.05) is 30.3 Å². The number of hydrogen-bond donors (Lipinski definition) is 2. The molecule has 2 aromatic carbocycles. The van der Waals surface area contributed by atoms with E-state index in [-0.39, 0.29) is 24.3 Å². The lowest BCUT2D eigenvalue weighted by Gasteiger charge is -2.49. The molecular formula is C25H27F3IN3O4. The number of carbonyl (C=O) groups excluding carboxylic acids is 2. The smallest absolute Gasteiger partial charge is 0.303 e. The van der Waals surface area contributed by atoms with Gasteiger partial charge in [0.15, 0.2) is 17.2 Å². The highest BCUT2D eigenvalue weighted by Crippen LogP contribution is 2.33. The van der Waals surface area contributed by atoms with Crippen LogP contribution in [-0.2, 0) is 14.3 Å². The second-order valence-electron chi connectivity index (χ2n) is 9.16. The van der Waals surface area contributed by atoms with Crippen LogP contribution in [0.4, 0.5) is 24.5 Å². The van der Waals surface area contributed by atoms with Crippen molar-refractivity contribution in [3.8, 4) is 0 Å². The summed E-state index contributed by atoms with van der Waals surface area (Å²) in [5, 5.41) is 5.87. The van der Waals surface area contributed by atoms with E-state index in [2.05, 4.69) is 10.6 Å². The summed E-state index contributed by atoms with van der Waals surface area (Å²) in [6.07, 6.45) is 1.90. The topological polar surface area (TPSA) is 79.9 Å². The van der Waals surface area contributed by atoms with E-state index in [0.29, 0.717) is 16.0 Å². The highest BCUT2D eigenvalue weighted by atomic mass is 127. The van der Waals surface area contributed by atoms with Gasteiger partial charge in [0.2, 0.25) is 0 Å². The SMILES string of the molecule is CC(=O)OC1(CNCC2CCOCC2)CN(C(=O)c2ccc(F)c(F)c2Nc2ccc(I)cc2F)C1. The van der Waals surface area contributed by atoms with E-state index < -0.39 is 40.6 Å². The minimum absolute atomic E-state index is 0.0858. The van der Waals surface area contributed by atoms with Crippen LogP contribution in [0.5, 0.6) is 0 Å². The summed E-state index contributed by atoms with van der Waals surface area (Å²) in [7, 11) is 0. The normalized spacial score (nSPS) is 17.4. The first-order valence-corrected chi connectivity index (χ1v) is 12.7. The van der Waals surface area contributed by atoms with Gasteiger partial charge in [0.1, 0.15) is 5.82 Å². The van der Waals surface area contributed by atoms with Crippen LogP contribution < -0.4 is 10.6 Å². The van der Waals surface area contributed by atoms with Crippen molar-refractivity contribution in [1.82, 2.24) is 10.2 Å². The largest absolute Gasteiger partial charge is 0.454 e. The average molecular weight is 617 g/mol. The summed E-state index contributed by atoms with van der Waals surface area (Å²) < 4.78 is 54.7. The van der Waals surface area contributed by atoms with Crippen LogP contribution in [0, 0.1) is 26.9 Å². The van der Waals surface area contributed by atoms with Crippen LogP contribution >= 0.6 is 22.6 Å². The van der Waals surface area contributed by atoms with Crippen molar-refractivity contribution < 1.29 is 32.2 Å². The zero-order valence-corrected chi connectivity index (χ0v) is 21.9. The van der Waals surface area contributed by atoms with E-state index in [1.807, 2.05) is 22.6 Å². The number of rotatable bonds is 8. The molecule has 2 heterocycles. The molecule has 0 radical (unpaired) electrons. The van der Waals surface area contributed by atoms with Crippen LogP contribution in [0.3, 0.4) is 0 Å². The van der Waals surface area contributed by atoms with E-state index in [0.717, 1.165) is 44.7 Å². The molecule has 2 saturated heterocycles. The fourth-order valence-corrected chi connectivity index (χ4v) is 4.97. The molecule has 0 unspecified atom stereocenters. The molecule has 2 aliphatic rings. The van der Waals surface area contributed by atoms with Crippen molar-refractivity contribution in [2.24, 2.45) is 5.92 Å². The van der Waals surface area contributed by atoms with Crippen LogP contribution in [0.25, 0.3) is 0 Å². The van der Waals surface area contributed by atoms with E-state index in [9.17, 15) is 22.8 Å². The second kappa shape index (κ2) is 11.3. The lowest BCUT2D eigenvalue weighted by Crippen LogP contribution is -2.69. The molecule has 2 aliphatic heterocycles. The Morgan fingerprint density at radius 2 is 1.86 bits per heavy atom. The zero-order chi connectivity index (χ0) is 25.9. The number of esters is 1. The molecule has 0 spiro atoms. The van der Waals surface area contributed by atoms with Gasteiger partial charge in [0.05, 0.1) is 30.0 Å². The number of halogens is 4. The molecule has 0 aliphatic carbocycles. The fraction of sp³-hybridized carbons (Fsp3) is 0.440. The van der Waals surface area contributed by atoms with Gasteiger partial charge in [-0.05, 0) is 78.2 Å². The van der Waals surface area contributed by atoms with Crippen LogP contribution in [0.2, 0.25) is 0 Å². The third-order valence-electron chi connectivity index (χ3n) is 6.34. The molecule has 7 nitrogen and oxygen atoms in total. The van der Waals surface area contributed by atoms with Gasteiger partial charge >= 0.3 is 5.97 Å². The van der Waals surface area contributed by atoms with Gasteiger partial charge in [-0.15, -0.1) is 0 Å². The molecule has 4 rings (SSSR count). The maximum absolute atomic E-state index is 14.8. The number of nitrogens with zero attached hydrogens (tertiary/aromatic N) is 1. The van der Waals surface area contributed by atoms with Gasteiger partial charge < -0.3 is 25.0 Å². The average Bonchev–Trinajstić information content (AvgIpc) is 2.81. The first-order valence-electron chi connectivity index (χ1n) is 11.6. The standard InChI is InChI=1S/C25H27F3IN3O4/c1-15(33)36-25(12-30-11-16-6-8-35-9-7-16)13-32(14-25)24(34)18-3-4-19(26)22(28)23(18)31-21-5-2-17(29)10-20(21)27/h2-5,10,16,30-31H,6-9,11-14H2,1H3. The van der Waals surface area contributed by atoms with E-state index in [4.69, 9.17) is 9.47 Å². The number of anilines is 2. The highest BCUT2D eigenvalue weighted by molar-refractivity contribution is 14.1. The summed E-state index contributed by atoms with van der Waals surface area (Å²) in [6.45, 7) is 4.01. The summed E-state index contributed by atoms with van der Waals surface area (Å²) in [5.41, 5.74) is -1.62. The molecule has 36 heavy (non-hydrogen) atoms. The Morgan fingerprint density at radius 1 is 1.14 bits per heavy atom. The van der Waals surface area contributed by atoms with Gasteiger partial charge in [-0.3, -0.25) is 9.59 Å². The number of ether oxygens (including phenoxy) is 2. The number of benzene rings is 2. The molecule has 1 amide bonds. The van der Waals surface area contributed by atoms with Crippen molar-refractivity contribution in [1.29, 1.82) is 0 Å². The predicted molar refractivity (Wildman–Crippen MR) is 136 cm³/mol. The summed E-state index contributed by atoms with van der Waals surface area (Å²) in [5.74, 6) is -3.73. The van der Waals surface area contributed by atoms with E-state index in [1.54, 1.807) is 6.07 Å². The Balaban J connectivity index is 1.48. The number of amides is 1. The lowest BCUT2D eigenvalue weighted by molar-refractivity contribution is -0.172. The van der Waals surface area contributed by atoms with Crippen molar-refractivity contribution in [2.45, 2.75) is 25.4 Å². The minimum atomic E-state index is -1.29. The monoisotopic (exact) mass is 617 g/mol. The first kappa shape index (κ1) is 26.7. The van der Waals surface area contributed by atoms with E-state index in [1.165, 1.54) is 24.0 Å². The van der Waals surface area contributed by atoms with Crippen LogP contribution in [-0.4, -0.2) is 61.8 Å². The molecule has 194 valence electrons. The Hall–Kier alpha value is -2.38. The maximum Gasteiger partial charge on any atom is 0.303 e. The Labute approximate surface area is 220 Å². The molecule has 0 aromatic heterocycles. The van der Waals surface area contributed by atoms with Gasteiger partial charge in [0.25, 0.3) is 5.91 Å². The van der Waals surface area contributed by atoms with Crippen molar-refractivity contribution >= 4 is 45.8 Å². The quantitative estimate of drug-likeness (QED) is 0.341. The molecular weight excluding hydrogens is 590 g/mol. The predicted octanol–water partition coefficient (Wildman–Crippen LogP) is 4.23. The lowest BCUT2D eigenvalue weighted by atomic mass is 9.91. The van der Waals surface area contributed by atoms with Crippen LogP contribution in [0.15, 0.2) is 30.3 Å². The number of likely N-dealkylation sites (tertiary alicyclic amines) is 1. The number of hydrogen-bond acceptors (Lipinski definition) is 6. The molecule has 2 aromatic rings. The van der Waals surface area contributed by atoms with Crippen molar-refractivity contribution in [2.75, 3.05) is 44.7 Å². The number of nitrogens with one attached hydrogen (secondary N) is 2. The Kier molecular flexibility index (Phi) is 8.41. The van der Waals surface area contributed by atoms with Gasteiger partial charge in [-0.2, -0.15) is 0 Å². The van der Waals surface area contributed by atoms with E-state index >= 15 is 0 Å². The molecule has 11 heteroatoms. The maximum atomic E-state index is 14.8. The van der Waals surface area contributed by atoms with Crippen LogP contribution in [0.1, 0.15) is 30.1 Å². The highest BCUT2D eigenvalue weighted by Gasteiger charge is 2.48. The number of carbonyl (C=O) groups is 2.